The molecule has 0 atom stereocenters. The van der Waals surface area contributed by atoms with Gasteiger partial charge in [-0.2, -0.15) is 0 Å². The summed E-state index contributed by atoms with van der Waals surface area (Å²) in [5, 5.41) is 5.38. The summed E-state index contributed by atoms with van der Waals surface area (Å²) in [6, 6.07) is 7.95. The number of hydrogen-bond acceptors (Lipinski definition) is 2. The van der Waals surface area contributed by atoms with Crippen LogP contribution in [0.15, 0.2) is 24.3 Å². The number of likely N-dealkylation sites (tertiary alicyclic amines) is 1. The van der Waals surface area contributed by atoms with E-state index in [1.165, 1.54) is 44.3 Å². The maximum atomic E-state index is 11.3. The van der Waals surface area contributed by atoms with Gasteiger partial charge in [0, 0.05) is 19.3 Å². The molecule has 1 aromatic rings. The number of hydrogen-bond donors (Lipinski definition) is 2. The number of anilines is 1. The maximum Gasteiger partial charge on any atom is 0.318 e. The first kappa shape index (κ1) is 14.9. The van der Waals surface area contributed by atoms with Gasteiger partial charge in [-0.15, -0.1) is 0 Å². The van der Waals surface area contributed by atoms with Gasteiger partial charge < -0.3 is 15.5 Å². The maximum absolute atomic E-state index is 11.3. The highest BCUT2D eigenvalue weighted by atomic mass is 16.2. The van der Waals surface area contributed by atoms with E-state index in [9.17, 15) is 4.79 Å². The van der Waals surface area contributed by atoms with Gasteiger partial charge in [-0.05, 0) is 50.0 Å². The van der Waals surface area contributed by atoms with Crippen LogP contribution in [0.5, 0.6) is 0 Å². The first-order valence-electron chi connectivity index (χ1n) is 7.58. The topological polar surface area (TPSA) is 44.4 Å². The Labute approximate surface area is 121 Å². The highest BCUT2D eigenvalue weighted by molar-refractivity contribution is 5.89. The molecule has 2 rings (SSSR count). The average Bonchev–Trinajstić information content (AvgIpc) is 2.74. The summed E-state index contributed by atoms with van der Waals surface area (Å²) >= 11 is 0. The van der Waals surface area contributed by atoms with Crippen molar-refractivity contribution in [3.63, 3.8) is 0 Å². The lowest BCUT2D eigenvalue weighted by atomic mass is 10.1. The molecule has 0 radical (unpaired) electrons. The minimum Gasteiger partial charge on any atom is -0.341 e. The Bertz CT molecular complexity index is 425. The van der Waals surface area contributed by atoms with E-state index in [4.69, 9.17) is 0 Å². The van der Waals surface area contributed by atoms with Gasteiger partial charge in [0.1, 0.15) is 0 Å². The molecule has 20 heavy (non-hydrogen) atoms. The van der Waals surface area contributed by atoms with Crippen LogP contribution in [0.25, 0.3) is 0 Å². The zero-order valence-electron chi connectivity index (χ0n) is 12.3. The van der Waals surface area contributed by atoms with E-state index in [1.54, 1.807) is 7.05 Å². The molecule has 1 fully saturated rings. The van der Waals surface area contributed by atoms with Crippen LogP contribution in [0, 0.1) is 0 Å². The van der Waals surface area contributed by atoms with E-state index in [-0.39, 0.29) is 6.03 Å². The minimum absolute atomic E-state index is 0.172. The molecule has 1 aliphatic rings. The third kappa shape index (κ3) is 4.85. The lowest BCUT2D eigenvalue weighted by Gasteiger charge is -2.19. The van der Waals surface area contributed by atoms with Gasteiger partial charge in [0.25, 0.3) is 0 Å². The summed E-state index contributed by atoms with van der Waals surface area (Å²) in [5.41, 5.74) is 2.14. The van der Waals surface area contributed by atoms with Crippen LogP contribution >= 0.6 is 0 Å². The molecule has 4 heteroatoms. The Balaban J connectivity index is 1.85. The molecular formula is C16H25N3O. The molecule has 1 aromatic carbocycles. The molecule has 2 N–H and O–H groups in total. The summed E-state index contributed by atoms with van der Waals surface area (Å²) in [6.45, 7) is 3.58. The SMILES string of the molecule is CNC(=O)Nc1cccc(CCN2CCCCCC2)c1. The number of carbonyl (C=O) groups excluding carboxylic acids is 1. The van der Waals surface area contributed by atoms with Crippen LogP contribution in [-0.2, 0) is 6.42 Å². The monoisotopic (exact) mass is 275 g/mol. The third-order valence-corrected chi connectivity index (χ3v) is 3.83. The normalized spacial score (nSPS) is 16.4. The molecule has 1 aliphatic heterocycles. The summed E-state index contributed by atoms with van der Waals surface area (Å²) in [4.78, 5) is 13.9. The molecule has 2 amide bonds. The first-order valence-corrected chi connectivity index (χ1v) is 7.58. The fraction of sp³-hybridized carbons (Fsp3) is 0.562. The lowest BCUT2D eigenvalue weighted by Crippen LogP contribution is -2.27. The van der Waals surface area contributed by atoms with E-state index >= 15 is 0 Å². The molecule has 0 spiro atoms. The number of amides is 2. The van der Waals surface area contributed by atoms with Crippen LogP contribution in [0.3, 0.4) is 0 Å². The molecule has 0 saturated carbocycles. The zero-order chi connectivity index (χ0) is 14.2. The van der Waals surface area contributed by atoms with E-state index < -0.39 is 0 Å². The molecule has 4 nitrogen and oxygen atoms in total. The van der Waals surface area contributed by atoms with Crippen molar-refractivity contribution in [2.24, 2.45) is 0 Å². The van der Waals surface area contributed by atoms with Crippen molar-refractivity contribution < 1.29 is 4.79 Å². The van der Waals surface area contributed by atoms with Crippen molar-refractivity contribution in [3.8, 4) is 0 Å². The average molecular weight is 275 g/mol. The summed E-state index contributed by atoms with van der Waals surface area (Å²) in [7, 11) is 1.62. The zero-order valence-corrected chi connectivity index (χ0v) is 12.3. The molecule has 1 heterocycles. The minimum atomic E-state index is -0.172. The fourth-order valence-corrected chi connectivity index (χ4v) is 2.65. The Morgan fingerprint density at radius 2 is 1.95 bits per heavy atom. The fourth-order valence-electron chi connectivity index (χ4n) is 2.65. The van der Waals surface area contributed by atoms with Gasteiger partial charge in [-0.25, -0.2) is 4.79 Å². The molecule has 0 unspecified atom stereocenters. The van der Waals surface area contributed by atoms with E-state index in [0.29, 0.717) is 0 Å². The number of urea groups is 1. The molecule has 0 aliphatic carbocycles. The van der Waals surface area contributed by atoms with Crippen molar-refractivity contribution in [2.75, 3.05) is 32.0 Å². The van der Waals surface area contributed by atoms with Crippen molar-refractivity contribution in [3.05, 3.63) is 29.8 Å². The van der Waals surface area contributed by atoms with E-state index in [0.717, 1.165) is 18.7 Å². The van der Waals surface area contributed by atoms with E-state index in [1.807, 2.05) is 12.1 Å². The van der Waals surface area contributed by atoms with Gasteiger partial charge in [0.15, 0.2) is 0 Å². The highest BCUT2D eigenvalue weighted by Gasteiger charge is 2.09. The van der Waals surface area contributed by atoms with Gasteiger partial charge in [-0.3, -0.25) is 0 Å². The molecule has 110 valence electrons. The third-order valence-electron chi connectivity index (χ3n) is 3.83. The predicted molar refractivity (Wildman–Crippen MR) is 83.1 cm³/mol. The number of benzene rings is 1. The Morgan fingerprint density at radius 3 is 2.65 bits per heavy atom. The second kappa shape index (κ2) is 7.90. The van der Waals surface area contributed by atoms with Crippen LogP contribution < -0.4 is 10.6 Å². The predicted octanol–water partition coefficient (Wildman–Crippen LogP) is 2.86. The van der Waals surface area contributed by atoms with Crippen LogP contribution in [0.4, 0.5) is 10.5 Å². The van der Waals surface area contributed by atoms with E-state index in [2.05, 4.69) is 27.7 Å². The Kier molecular flexibility index (Phi) is 5.87. The second-order valence-electron chi connectivity index (χ2n) is 5.41. The van der Waals surface area contributed by atoms with Crippen molar-refractivity contribution in [1.29, 1.82) is 0 Å². The van der Waals surface area contributed by atoms with Crippen LogP contribution in [0.2, 0.25) is 0 Å². The summed E-state index contributed by atoms with van der Waals surface area (Å²) in [5.74, 6) is 0. The number of carbonyl (C=O) groups is 1. The quantitative estimate of drug-likeness (QED) is 0.887. The summed E-state index contributed by atoms with van der Waals surface area (Å²) < 4.78 is 0. The standard InChI is InChI=1S/C16H25N3O/c1-17-16(20)18-15-8-6-7-14(13-15)9-12-19-10-4-2-3-5-11-19/h6-8,13H,2-5,9-12H2,1H3,(H2,17,18,20). The number of nitrogens with zero attached hydrogens (tertiary/aromatic N) is 1. The molecule has 0 bridgehead atoms. The number of nitrogens with one attached hydrogen (secondary N) is 2. The van der Waals surface area contributed by atoms with Crippen LogP contribution in [0.1, 0.15) is 31.2 Å². The molecule has 1 saturated heterocycles. The second-order valence-corrected chi connectivity index (χ2v) is 5.41. The lowest BCUT2D eigenvalue weighted by molar-refractivity contribution is 0.254. The Hall–Kier alpha value is -1.55. The first-order chi connectivity index (χ1) is 9.78. The Morgan fingerprint density at radius 1 is 1.20 bits per heavy atom. The van der Waals surface area contributed by atoms with Gasteiger partial charge in [-0.1, -0.05) is 25.0 Å². The van der Waals surface area contributed by atoms with Gasteiger partial charge >= 0.3 is 6.03 Å². The summed E-state index contributed by atoms with van der Waals surface area (Å²) in [6.07, 6.45) is 6.46. The highest BCUT2D eigenvalue weighted by Crippen LogP contribution is 2.13. The smallest absolute Gasteiger partial charge is 0.318 e. The van der Waals surface area contributed by atoms with Gasteiger partial charge in [0.2, 0.25) is 0 Å². The largest absolute Gasteiger partial charge is 0.341 e. The molecule has 0 aromatic heterocycles. The molecular weight excluding hydrogens is 250 g/mol. The van der Waals surface area contributed by atoms with Gasteiger partial charge in [0.05, 0.1) is 0 Å². The van der Waals surface area contributed by atoms with Crippen LogP contribution in [-0.4, -0.2) is 37.6 Å². The van der Waals surface area contributed by atoms with Crippen molar-refractivity contribution >= 4 is 11.7 Å². The van der Waals surface area contributed by atoms with Crippen molar-refractivity contribution in [1.82, 2.24) is 10.2 Å². The number of rotatable bonds is 4. The van der Waals surface area contributed by atoms with Crippen molar-refractivity contribution in [2.45, 2.75) is 32.1 Å².